The van der Waals surface area contributed by atoms with Gasteiger partial charge in [-0.2, -0.15) is 0 Å². The molecule has 0 spiro atoms. The Kier molecular flexibility index (Phi) is 4.50. The Morgan fingerprint density at radius 1 is 1.18 bits per heavy atom. The number of Topliss-reactive ketones (excluding diaryl/α,β-unsaturated/α-hetero) is 1. The first kappa shape index (κ1) is 15.1. The van der Waals surface area contributed by atoms with Crippen LogP contribution in [0.15, 0.2) is 47.4 Å². The van der Waals surface area contributed by atoms with E-state index in [1.807, 2.05) is 36.4 Å². The number of rotatable bonds is 4. The third-order valence-corrected chi connectivity index (χ3v) is 4.72. The molecule has 0 aromatic heterocycles. The highest BCUT2D eigenvalue weighted by Crippen LogP contribution is 2.26. The number of carbonyl (C=O) groups excluding carboxylic acids is 2. The summed E-state index contributed by atoms with van der Waals surface area (Å²) < 4.78 is 0. The van der Waals surface area contributed by atoms with Gasteiger partial charge in [0.25, 0.3) is 0 Å². The molecule has 1 N–H and O–H groups in total. The fraction of sp³-hybridized carbons (Fsp3) is 0.176. The van der Waals surface area contributed by atoms with Crippen molar-refractivity contribution in [1.29, 1.82) is 0 Å². The number of hydrogen-bond acceptors (Lipinski definition) is 3. The van der Waals surface area contributed by atoms with Gasteiger partial charge in [0.05, 0.1) is 5.75 Å². The van der Waals surface area contributed by atoms with Gasteiger partial charge >= 0.3 is 0 Å². The van der Waals surface area contributed by atoms with Crippen LogP contribution in [0, 0.1) is 0 Å². The molecule has 3 nitrogen and oxygen atoms in total. The highest BCUT2D eigenvalue weighted by molar-refractivity contribution is 8.00. The molecule has 1 aliphatic heterocycles. The molecule has 0 saturated heterocycles. The van der Waals surface area contributed by atoms with Crippen LogP contribution in [0.2, 0.25) is 5.02 Å². The van der Waals surface area contributed by atoms with Gasteiger partial charge in [0.1, 0.15) is 0 Å². The number of carbonyl (C=O) groups is 2. The number of aryl methyl sites for hydroxylation is 1. The minimum absolute atomic E-state index is 0.0306. The summed E-state index contributed by atoms with van der Waals surface area (Å²) in [4.78, 5) is 24.6. The number of benzene rings is 2. The largest absolute Gasteiger partial charge is 0.326 e. The zero-order valence-electron chi connectivity index (χ0n) is 11.8. The Morgan fingerprint density at radius 2 is 2.05 bits per heavy atom. The van der Waals surface area contributed by atoms with E-state index in [1.165, 1.54) is 11.8 Å². The monoisotopic (exact) mass is 331 g/mol. The number of nitrogens with one attached hydrogen (secondary N) is 1. The summed E-state index contributed by atoms with van der Waals surface area (Å²) in [6.07, 6.45) is 1.16. The number of halogens is 1. The molecular formula is C17H14ClNO2S. The Balaban J connectivity index is 1.69. The number of amides is 1. The van der Waals surface area contributed by atoms with E-state index in [4.69, 9.17) is 11.6 Å². The Morgan fingerprint density at radius 3 is 2.86 bits per heavy atom. The zero-order valence-corrected chi connectivity index (χ0v) is 13.3. The van der Waals surface area contributed by atoms with E-state index < -0.39 is 0 Å². The predicted molar refractivity (Wildman–Crippen MR) is 89.9 cm³/mol. The van der Waals surface area contributed by atoms with Crippen LogP contribution in [-0.2, 0) is 11.2 Å². The summed E-state index contributed by atoms with van der Waals surface area (Å²) in [5.41, 5.74) is 2.53. The SMILES string of the molecule is O=C1CCc2cc(C(=O)CSc3cccc(Cl)c3)ccc2N1. The molecule has 2 aromatic rings. The van der Waals surface area contributed by atoms with Crippen LogP contribution in [0.1, 0.15) is 22.3 Å². The maximum atomic E-state index is 12.3. The highest BCUT2D eigenvalue weighted by atomic mass is 35.5. The van der Waals surface area contributed by atoms with Gasteiger partial charge in [-0.3, -0.25) is 9.59 Å². The minimum Gasteiger partial charge on any atom is -0.326 e. The third-order valence-electron chi connectivity index (χ3n) is 3.49. The van der Waals surface area contributed by atoms with Gasteiger partial charge in [-0.05, 0) is 48.4 Å². The Labute approximate surface area is 138 Å². The normalized spacial score (nSPS) is 13.4. The van der Waals surface area contributed by atoms with Gasteiger partial charge in [0.2, 0.25) is 5.91 Å². The van der Waals surface area contributed by atoms with Gasteiger partial charge in [-0.25, -0.2) is 0 Å². The van der Waals surface area contributed by atoms with E-state index >= 15 is 0 Å². The summed E-state index contributed by atoms with van der Waals surface area (Å²) in [6.45, 7) is 0. The molecule has 2 aromatic carbocycles. The molecule has 22 heavy (non-hydrogen) atoms. The van der Waals surface area contributed by atoms with E-state index in [-0.39, 0.29) is 11.7 Å². The van der Waals surface area contributed by atoms with Crippen molar-refractivity contribution >= 4 is 40.7 Å². The van der Waals surface area contributed by atoms with Crippen LogP contribution in [0.3, 0.4) is 0 Å². The van der Waals surface area contributed by atoms with Gasteiger partial charge in [-0.15, -0.1) is 11.8 Å². The molecule has 5 heteroatoms. The van der Waals surface area contributed by atoms with Crippen molar-refractivity contribution in [2.75, 3.05) is 11.1 Å². The number of ketones is 1. The second-order valence-electron chi connectivity index (χ2n) is 5.09. The predicted octanol–water partition coefficient (Wildman–Crippen LogP) is 4.20. The van der Waals surface area contributed by atoms with Crippen molar-refractivity contribution < 1.29 is 9.59 Å². The third kappa shape index (κ3) is 3.51. The van der Waals surface area contributed by atoms with E-state index in [0.29, 0.717) is 29.2 Å². The lowest BCUT2D eigenvalue weighted by atomic mass is 9.99. The second-order valence-corrected chi connectivity index (χ2v) is 6.57. The second kappa shape index (κ2) is 6.55. The molecule has 0 unspecified atom stereocenters. The standard InChI is InChI=1S/C17H14ClNO2S/c18-13-2-1-3-14(9-13)22-10-16(20)12-4-6-15-11(8-12)5-7-17(21)19-15/h1-4,6,8-9H,5,7,10H2,(H,19,21). The van der Waals surface area contributed by atoms with E-state index in [9.17, 15) is 9.59 Å². The summed E-state index contributed by atoms with van der Waals surface area (Å²) in [7, 11) is 0. The van der Waals surface area contributed by atoms with Crippen molar-refractivity contribution in [3.8, 4) is 0 Å². The van der Waals surface area contributed by atoms with Crippen LogP contribution >= 0.6 is 23.4 Å². The first-order valence-corrected chi connectivity index (χ1v) is 8.32. The molecule has 0 saturated carbocycles. The summed E-state index contributed by atoms with van der Waals surface area (Å²) >= 11 is 7.41. The highest BCUT2D eigenvalue weighted by Gasteiger charge is 2.16. The lowest BCUT2D eigenvalue weighted by Crippen LogP contribution is -2.19. The van der Waals surface area contributed by atoms with Crippen LogP contribution in [-0.4, -0.2) is 17.4 Å². The summed E-state index contributed by atoms with van der Waals surface area (Å²) in [5.74, 6) is 0.471. The number of anilines is 1. The van der Waals surface area contributed by atoms with Gasteiger partial charge in [0.15, 0.2) is 5.78 Å². The Bertz CT molecular complexity index is 745. The topological polar surface area (TPSA) is 46.2 Å². The van der Waals surface area contributed by atoms with Gasteiger partial charge in [0, 0.05) is 27.6 Å². The lowest BCUT2D eigenvalue weighted by Gasteiger charge is -2.17. The lowest BCUT2D eigenvalue weighted by molar-refractivity contribution is -0.116. The molecular weight excluding hydrogens is 318 g/mol. The molecule has 1 heterocycles. The number of fused-ring (bicyclic) bond motifs is 1. The minimum atomic E-state index is 0.0306. The summed E-state index contributed by atoms with van der Waals surface area (Å²) in [5, 5.41) is 3.49. The average Bonchev–Trinajstić information content (AvgIpc) is 2.52. The number of thioether (sulfide) groups is 1. The fourth-order valence-corrected chi connectivity index (χ4v) is 3.45. The molecule has 0 aliphatic carbocycles. The smallest absolute Gasteiger partial charge is 0.224 e. The van der Waals surface area contributed by atoms with Crippen LogP contribution in [0.4, 0.5) is 5.69 Å². The molecule has 0 fully saturated rings. The first-order chi connectivity index (χ1) is 10.6. The van der Waals surface area contributed by atoms with Crippen LogP contribution in [0.5, 0.6) is 0 Å². The van der Waals surface area contributed by atoms with Crippen molar-refractivity contribution in [3.05, 3.63) is 58.6 Å². The maximum Gasteiger partial charge on any atom is 0.224 e. The fourth-order valence-electron chi connectivity index (χ4n) is 2.35. The summed E-state index contributed by atoms with van der Waals surface area (Å²) in [6, 6.07) is 12.9. The molecule has 112 valence electrons. The average molecular weight is 332 g/mol. The van der Waals surface area contributed by atoms with Crippen LogP contribution < -0.4 is 5.32 Å². The molecule has 1 amide bonds. The van der Waals surface area contributed by atoms with Crippen molar-refractivity contribution in [1.82, 2.24) is 0 Å². The van der Waals surface area contributed by atoms with E-state index in [1.54, 1.807) is 6.07 Å². The quantitative estimate of drug-likeness (QED) is 0.674. The first-order valence-electron chi connectivity index (χ1n) is 6.96. The van der Waals surface area contributed by atoms with Gasteiger partial charge < -0.3 is 5.32 Å². The zero-order chi connectivity index (χ0) is 15.5. The van der Waals surface area contributed by atoms with E-state index in [2.05, 4.69) is 5.32 Å². The number of hydrogen-bond donors (Lipinski definition) is 1. The molecule has 0 radical (unpaired) electrons. The molecule has 0 atom stereocenters. The molecule has 0 bridgehead atoms. The van der Waals surface area contributed by atoms with Gasteiger partial charge in [-0.1, -0.05) is 17.7 Å². The molecule has 3 rings (SSSR count). The van der Waals surface area contributed by atoms with Crippen molar-refractivity contribution in [3.63, 3.8) is 0 Å². The van der Waals surface area contributed by atoms with Crippen LogP contribution in [0.25, 0.3) is 0 Å². The van der Waals surface area contributed by atoms with Crippen molar-refractivity contribution in [2.45, 2.75) is 17.7 Å². The maximum absolute atomic E-state index is 12.3. The van der Waals surface area contributed by atoms with Crippen molar-refractivity contribution in [2.24, 2.45) is 0 Å². The molecule has 1 aliphatic rings. The van der Waals surface area contributed by atoms with E-state index in [0.717, 1.165) is 16.1 Å². The Hall–Kier alpha value is -1.78.